The lowest BCUT2D eigenvalue weighted by atomic mass is 10.1. The number of carbonyl (C=O) groups excluding carboxylic acids is 1. The van der Waals surface area contributed by atoms with Gasteiger partial charge >= 0.3 is 5.63 Å². The summed E-state index contributed by atoms with van der Waals surface area (Å²) < 4.78 is 6.21. The lowest BCUT2D eigenvalue weighted by molar-refractivity contribution is 0.102. The molecule has 27 heavy (non-hydrogen) atoms. The Morgan fingerprint density at radius 3 is 2.67 bits per heavy atom. The number of carbonyl (C=O) groups is 1. The van der Waals surface area contributed by atoms with Crippen LogP contribution in [0.4, 0.5) is 5.13 Å². The standard InChI is InChI=1S/C20H13BrN2O3S/c1-11-17(12-6-8-14(21)9-7-12)22-20(27-11)23-18(24)15-10-13-4-2-3-5-16(13)26-19(15)25/h2-10H,1H3,(H,22,23,24). The number of thiazole rings is 1. The van der Waals surface area contributed by atoms with Gasteiger partial charge in [-0.25, -0.2) is 9.78 Å². The minimum absolute atomic E-state index is 0.0493. The van der Waals surface area contributed by atoms with Crippen LogP contribution in [0.5, 0.6) is 0 Å². The Kier molecular flexibility index (Phi) is 4.63. The van der Waals surface area contributed by atoms with Crippen LogP contribution in [0.3, 0.4) is 0 Å². The van der Waals surface area contributed by atoms with Gasteiger partial charge in [-0.1, -0.05) is 46.3 Å². The van der Waals surface area contributed by atoms with E-state index in [1.165, 1.54) is 17.4 Å². The molecule has 4 aromatic rings. The first kappa shape index (κ1) is 17.6. The number of nitrogens with zero attached hydrogens (tertiary/aromatic N) is 1. The molecule has 0 spiro atoms. The molecule has 0 aliphatic carbocycles. The Morgan fingerprint density at radius 1 is 1.15 bits per heavy atom. The van der Waals surface area contributed by atoms with E-state index >= 15 is 0 Å². The summed E-state index contributed by atoms with van der Waals surface area (Å²) in [6, 6.07) is 16.4. The highest BCUT2D eigenvalue weighted by Crippen LogP contribution is 2.31. The fraction of sp³-hybridized carbons (Fsp3) is 0.0500. The molecule has 0 aliphatic heterocycles. The monoisotopic (exact) mass is 440 g/mol. The zero-order chi connectivity index (χ0) is 19.0. The summed E-state index contributed by atoms with van der Waals surface area (Å²) in [6.45, 7) is 1.94. The third-order valence-corrected chi connectivity index (χ3v) is 5.44. The third kappa shape index (κ3) is 3.56. The Balaban J connectivity index is 1.64. The van der Waals surface area contributed by atoms with Gasteiger partial charge in [0.15, 0.2) is 5.13 Å². The van der Waals surface area contributed by atoms with Gasteiger partial charge in [-0.3, -0.25) is 10.1 Å². The SMILES string of the molecule is Cc1sc(NC(=O)c2cc3ccccc3oc2=O)nc1-c1ccc(Br)cc1. The summed E-state index contributed by atoms with van der Waals surface area (Å²) in [6.07, 6.45) is 0. The Hall–Kier alpha value is -2.77. The predicted molar refractivity (Wildman–Crippen MR) is 110 cm³/mol. The summed E-state index contributed by atoms with van der Waals surface area (Å²) in [7, 11) is 0. The van der Waals surface area contributed by atoms with Crippen LogP contribution < -0.4 is 10.9 Å². The molecular weight excluding hydrogens is 428 g/mol. The van der Waals surface area contributed by atoms with Crippen molar-refractivity contribution in [1.29, 1.82) is 0 Å². The van der Waals surface area contributed by atoms with Crippen LogP contribution in [-0.2, 0) is 0 Å². The molecule has 134 valence electrons. The molecule has 0 radical (unpaired) electrons. The van der Waals surface area contributed by atoms with E-state index in [1.54, 1.807) is 18.2 Å². The topological polar surface area (TPSA) is 72.2 Å². The maximum absolute atomic E-state index is 12.6. The molecular formula is C20H13BrN2O3S. The molecule has 0 saturated carbocycles. The molecule has 1 N–H and O–H groups in total. The molecule has 5 nitrogen and oxygen atoms in total. The van der Waals surface area contributed by atoms with E-state index in [2.05, 4.69) is 26.2 Å². The van der Waals surface area contributed by atoms with Crippen LogP contribution in [0.1, 0.15) is 15.2 Å². The first-order valence-electron chi connectivity index (χ1n) is 8.09. The van der Waals surface area contributed by atoms with E-state index in [1.807, 2.05) is 37.3 Å². The number of benzene rings is 2. The summed E-state index contributed by atoms with van der Waals surface area (Å²) in [5.74, 6) is -0.536. The van der Waals surface area contributed by atoms with Gasteiger partial charge in [0.05, 0.1) is 5.69 Å². The second kappa shape index (κ2) is 7.09. The minimum atomic E-state index is -0.674. The number of anilines is 1. The Morgan fingerprint density at radius 2 is 1.89 bits per heavy atom. The molecule has 0 bridgehead atoms. The second-order valence-electron chi connectivity index (χ2n) is 5.87. The predicted octanol–water partition coefficient (Wildman–Crippen LogP) is 5.24. The average molecular weight is 441 g/mol. The maximum atomic E-state index is 12.6. The summed E-state index contributed by atoms with van der Waals surface area (Å²) >= 11 is 4.77. The molecule has 0 aliphatic rings. The zero-order valence-electron chi connectivity index (χ0n) is 14.2. The first-order valence-corrected chi connectivity index (χ1v) is 9.70. The molecule has 0 atom stereocenters. The van der Waals surface area contributed by atoms with Crippen LogP contribution >= 0.6 is 27.3 Å². The van der Waals surface area contributed by atoms with E-state index in [9.17, 15) is 9.59 Å². The van der Waals surface area contributed by atoms with Gasteiger partial charge in [0.2, 0.25) is 0 Å². The molecule has 2 aromatic heterocycles. The average Bonchev–Trinajstić information content (AvgIpc) is 3.01. The number of nitrogens with one attached hydrogen (secondary N) is 1. The van der Waals surface area contributed by atoms with E-state index in [0.717, 1.165) is 20.6 Å². The lowest BCUT2D eigenvalue weighted by Crippen LogP contribution is -2.20. The number of hydrogen-bond donors (Lipinski definition) is 1. The van der Waals surface area contributed by atoms with Gasteiger partial charge in [-0.05, 0) is 31.2 Å². The van der Waals surface area contributed by atoms with Crippen molar-refractivity contribution < 1.29 is 9.21 Å². The Labute approximate surface area is 166 Å². The zero-order valence-corrected chi connectivity index (χ0v) is 16.6. The highest BCUT2D eigenvalue weighted by atomic mass is 79.9. The molecule has 0 saturated heterocycles. The van der Waals surface area contributed by atoms with Crippen LogP contribution in [0.25, 0.3) is 22.2 Å². The van der Waals surface area contributed by atoms with Crippen molar-refractivity contribution in [3.8, 4) is 11.3 Å². The van der Waals surface area contributed by atoms with Crippen LogP contribution in [0.15, 0.2) is 68.3 Å². The normalized spacial score (nSPS) is 10.9. The van der Waals surface area contributed by atoms with Crippen molar-refractivity contribution in [3.63, 3.8) is 0 Å². The maximum Gasteiger partial charge on any atom is 0.349 e. The summed E-state index contributed by atoms with van der Waals surface area (Å²) in [4.78, 5) is 30.2. The number of aromatic nitrogens is 1. The van der Waals surface area contributed by atoms with E-state index in [-0.39, 0.29) is 5.56 Å². The molecule has 0 fully saturated rings. The minimum Gasteiger partial charge on any atom is -0.422 e. The Bertz CT molecular complexity index is 1210. The van der Waals surface area contributed by atoms with Gasteiger partial charge in [0, 0.05) is 20.3 Å². The molecule has 7 heteroatoms. The molecule has 0 unspecified atom stereocenters. The van der Waals surface area contributed by atoms with Crippen molar-refractivity contribution in [2.45, 2.75) is 6.92 Å². The lowest BCUT2D eigenvalue weighted by Gasteiger charge is -2.02. The first-order chi connectivity index (χ1) is 13.0. The van der Waals surface area contributed by atoms with Crippen molar-refractivity contribution >= 4 is 49.3 Å². The fourth-order valence-electron chi connectivity index (χ4n) is 2.71. The van der Waals surface area contributed by atoms with Gasteiger partial charge in [0.25, 0.3) is 5.91 Å². The van der Waals surface area contributed by atoms with Crippen molar-refractivity contribution in [3.05, 3.63) is 79.9 Å². The number of amides is 1. The largest absolute Gasteiger partial charge is 0.422 e. The van der Waals surface area contributed by atoms with Crippen LogP contribution in [0.2, 0.25) is 0 Å². The quantitative estimate of drug-likeness (QED) is 0.442. The van der Waals surface area contributed by atoms with Gasteiger partial charge in [0.1, 0.15) is 11.1 Å². The fourth-order valence-corrected chi connectivity index (χ4v) is 3.81. The molecule has 4 rings (SSSR count). The second-order valence-corrected chi connectivity index (χ2v) is 7.99. The van der Waals surface area contributed by atoms with Crippen molar-refractivity contribution in [2.75, 3.05) is 5.32 Å². The third-order valence-electron chi connectivity index (χ3n) is 4.02. The van der Waals surface area contributed by atoms with Gasteiger partial charge < -0.3 is 4.42 Å². The summed E-state index contributed by atoms with van der Waals surface area (Å²) in [5, 5.41) is 3.83. The molecule has 1 amide bonds. The smallest absolute Gasteiger partial charge is 0.349 e. The number of rotatable bonds is 3. The molecule has 2 heterocycles. The number of aryl methyl sites for hydroxylation is 1. The van der Waals surface area contributed by atoms with E-state index in [0.29, 0.717) is 16.1 Å². The van der Waals surface area contributed by atoms with Crippen molar-refractivity contribution in [2.24, 2.45) is 0 Å². The van der Waals surface area contributed by atoms with Gasteiger partial charge in [-0.2, -0.15) is 0 Å². The van der Waals surface area contributed by atoms with Crippen LogP contribution in [-0.4, -0.2) is 10.9 Å². The van der Waals surface area contributed by atoms with E-state index in [4.69, 9.17) is 4.42 Å². The number of para-hydroxylation sites is 1. The number of halogens is 1. The highest BCUT2D eigenvalue weighted by Gasteiger charge is 2.17. The number of fused-ring (bicyclic) bond motifs is 1. The van der Waals surface area contributed by atoms with Crippen molar-refractivity contribution in [1.82, 2.24) is 4.98 Å². The molecule has 2 aromatic carbocycles. The number of hydrogen-bond acceptors (Lipinski definition) is 5. The highest BCUT2D eigenvalue weighted by molar-refractivity contribution is 9.10. The summed E-state index contributed by atoms with van der Waals surface area (Å²) in [5.41, 5.74) is 1.48. The van der Waals surface area contributed by atoms with Gasteiger partial charge in [-0.15, -0.1) is 11.3 Å². The van der Waals surface area contributed by atoms with E-state index < -0.39 is 11.5 Å². The van der Waals surface area contributed by atoms with Crippen LogP contribution in [0, 0.1) is 6.92 Å².